The maximum Gasteiger partial charge on any atom is 0.290 e. The van der Waals surface area contributed by atoms with E-state index in [1.807, 2.05) is 6.92 Å². The van der Waals surface area contributed by atoms with Gasteiger partial charge in [0.05, 0.1) is 11.0 Å². The zero-order valence-corrected chi connectivity index (χ0v) is 7.88. The quantitative estimate of drug-likeness (QED) is 0.581. The van der Waals surface area contributed by atoms with Gasteiger partial charge in [-0.3, -0.25) is 15.1 Å². The van der Waals surface area contributed by atoms with Crippen LogP contribution in [0.3, 0.4) is 0 Å². The molecule has 1 rings (SSSR count). The van der Waals surface area contributed by atoms with Crippen LogP contribution in [0.15, 0.2) is 18.3 Å². The summed E-state index contributed by atoms with van der Waals surface area (Å²) in [5.41, 5.74) is 0.312. The van der Waals surface area contributed by atoms with Gasteiger partial charge in [-0.15, -0.1) is 0 Å². The number of aliphatic hydroxyl groups excluding tert-OH is 1. The highest BCUT2D eigenvalue weighted by atomic mass is 16.6. The Balaban J connectivity index is 2.90. The summed E-state index contributed by atoms with van der Waals surface area (Å²) in [4.78, 5) is 14.0. The zero-order valence-electron chi connectivity index (χ0n) is 7.88. The van der Waals surface area contributed by atoms with Crippen molar-refractivity contribution in [2.24, 2.45) is 0 Å². The molecule has 0 amide bonds. The summed E-state index contributed by atoms with van der Waals surface area (Å²) < 4.78 is 0. The van der Waals surface area contributed by atoms with Crippen molar-refractivity contribution >= 4 is 5.69 Å². The Morgan fingerprint density at radius 3 is 3.00 bits per heavy atom. The molecule has 5 heteroatoms. The van der Waals surface area contributed by atoms with Gasteiger partial charge >= 0.3 is 0 Å². The topological polar surface area (TPSA) is 76.3 Å². The third-order valence-electron chi connectivity index (χ3n) is 1.96. The Morgan fingerprint density at radius 1 is 1.71 bits per heavy atom. The summed E-state index contributed by atoms with van der Waals surface area (Å²) in [7, 11) is 0. The predicted octanol–water partition coefficient (Wildman–Crippen LogP) is 1.30. The SMILES string of the molecule is CCC(O)Cc1ncccc1[N+](=O)[O-]. The fourth-order valence-electron chi connectivity index (χ4n) is 1.12. The third-order valence-corrected chi connectivity index (χ3v) is 1.96. The number of aromatic nitrogens is 1. The van der Waals surface area contributed by atoms with Crippen LogP contribution in [0.5, 0.6) is 0 Å². The molecule has 0 aliphatic rings. The second kappa shape index (κ2) is 4.66. The van der Waals surface area contributed by atoms with Crippen molar-refractivity contribution in [3.63, 3.8) is 0 Å². The highest BCUT2D eigenvalue weighted by Crippen LogP contribution is 2.17. The van der Waals surface area contributed by atoms with Crippen molar-refractivity contribution in [2.75, 3.05) is 0 Å². The van der Waals surface area contributed by atoms with E-state index >= 15 is 0 Å². The summed E-state index contributed by atoms with van der Waals surface area (Å²) in [6.45, 7) is 1.82. The standard InChI is InChI=1S/C9H12N2O3/c1-2-7(12)6-8-9(11(13)14)4-3-5-10-8/h3-5,7,12H,2,6H2,1H3. The highest BCUT2D eigenvalue weighted by molar-refractivity contribution is 5.34. The van der Waals surface area contributed by atoms with Crippen molar-refractivity contribution in [3.8, 4) is 0 Å². The van der Waals surface area contributed by atoms with Gasteiger partial charge < -0.3 is 5.11 Å². The first kappa shape index (κ1) is 10.6. The number of nitrogens with zero attached hydrogens (tertiary/aromatic N) is 2. The fraction of sp³-hybridized carbons (Fsp3) is 0.444. The molecule has 76 valence electrons. The number of hydrogen-bond donors (Lipinski definition) is 1. The highest BCUT2D eigenvalue weighted by Gasteiger charge is 2.16. The van der Waals surface area contributed by atoms with Gasteiger partial charge in [0.15, 0.2) is 0 Å². The molecule has 0 spiro atoms. The molecule has 0 saturated carbocycles. The summed E-state index contributed by atoms with van der Waals surface area (Å²) in [6, 6.07) is 2.91. The first-order valence-electron chi connectivity index (χ1n) is 4.41. The van der Waals surface area contributed by atoms with Gasteiger partial charge in [-0.1, -0.05) is 6.92 Å². The lowest BCUT2D eigenvalue weighted by Gasteiger charge is -2.06. The summed E-state index contributed by atoms with van der Waals surface area (Å²) in [6.07, 6.45) is 1.72. The van der Waals surface area contributed by atoms with Gasteiger partial charge in [0.1, 0.15) is 5.69 Å². The molecule has 1 aromatic heterocycles. The molecule has 0 aliphatic heterocycles. The monoisotopic (exact) mass is 196 g/mol. The third kappa shape index (κ3) is 2.50. The van der Waals surface area contributed by atoms with Crippen LogP contribution in [0.25, 0.3) is 0 Å². The van der Waals surface area contributed by atoms with Gasteiger partial charge in [0, 0.05) is 18.7 Å². The van der Waals surface area contributed by atoms with Crippen molar-refractivity contribution in [1.82, 2.24) is 4.98 Å². The summed E-state index contributed by atoms with van der Waals surface area (Å²) >= 11 is 0. The van der Waals surface area contributed by atoms with Gasteiger partial charge in [-0.05, 0) is 12.5 Å². The molecule has 0 fully saturated rings. The lowest BCUT2D eigenvalue weighted by Crippen LogP contribution is -2.11. The molecule has 0 bridgehead atoms. The Bertz CT molecular complexity index is 328. The molecule has 14 heavy (non-hydrogen) atoms. The second-order valence-corrected chi connectivity index (χ2v) is 2.99. The van der Waals surface area contributed by atoms with Gasteiger partial charge in [0.25, 0.3) is 5.69 Å². The maximum atomic E-state index is 10.6. The van der Waals surface area contributed by atoms with Gasteiger partial charge in [-0.2, -0.15) is 0 Å². The Hall–Kier alpha value is -1.49. The molecule has 5 nitrogen and oxygen atoms in total. The van der Waals surface area contributed by atoms with Crippen LogP contribution >= 0.6 is 0 Å². The second-order valence-electron chi connectivity index (χ2n) is 2.99. The number of pyridine rings is 1. The van der Waals surface area contributed by atoms with Crippen molar-refractivity contribution in [2.45, 2.75) is 25.9 Å². The van der Waals surface area contributed by atoms with Crippen LogP contribution in [-0.4, -0.2) is 21.1 Å². The van der Waals surface area contributed by atoms with E-state index < -0.39 is 11.0 Å². The van der Waals surface area contributed by atoms with E-state index in [0.29, 0.717) is 12.1 Å². The van der Waals surface area contributed by atoms with Crippen LogP contribution in [-0.2, 0) is 6.42 Å². The van der Waals surface area contributed by atoms with Crippen LogP contribution in [0, 0.1) is 10.1 Å². The maximum absolute atomic E-state index is 10.6. The molecule has 1 aromatic rings. The van der Waals surface area contributed by atoms with Crippen molar-refractivity contribution in [3.05, 3.63) is 34.1 Å². The molecule has 0 aliphatic carbocycles. The van der Waals surface area contributed by atoms with Gasteiger partial charge in [0.2, 0.25) is 0 Å². The van der Waals surface area contributed by atoms with Crippen LogP contribution in [0.2, 0.25) is 0 Å². The van der Waals surface area contributed by atoms with E-state index in [4.69, 9.17) is 0 Å². The minimum absolute atomic E-state index is 0.0278. The van der Waals surface area contributed by atoms with E-state index in [0.717, 1.165) is 0 Å². The van der Waals surface area contributed by atoms with Crippen LogP contribution in [0.1, 0.15) is 19.0 Å². The number of aliphatic hydroxyl groups is 1. The average molecular weight is 196 g/mol. The van der Waals surface area contributed by atoms with Crippen LogP contribution < -0.4 is 0 Å². The number of rotatable bonds is 4. The molecule has 0 saturated heterocycles. The minimum Gasteiger partial charge on any atom is -0.393 e. The Kier molecular flexibility index (Phi) is 3.53. The normalized spacial score (nSPS) is 12.4. The smallest absolute Gasteiger partial charge is 0.290 e. The molecule has 1 N–H and O–H groups in total. The molecular formula is C9H12N2O3. The van der Waals surface area contributed by atoms with Crippen molar-refractivity contribution in [1.29, 1.82) is 0 Å². The minimum atomic E-state index is -0.566. The lowest BCUT2D eigenvalue weighted by atomic mass is 10.1. The van der Waals surface area contributed by atoms with E-state index in [1.54, 1.807) is 0 Å². The summed E-state index contributed by atoms with van der Waals surface area (Å²) in [5, 5.41) is 19.9. The fourth-order valence-corrected chi connectivity index (χ4v) is 1.12. The summed E-state index contributed by atoms with van der Waals surface area (Å²) in [5.74, 6) is 0. The molecule has 1 unspecified atom stereocenters. The molecule has 0 aromatic carbocycles. The van der Waals surface area contributed by atoms with E-state index in [1.165, 1.54) is 18.3 Å². The van der Waals surface area contributed by atoms with E-state index in [-0.39, 0.29) is 12.1 Å². The number of nitro groups is 1. The molecule has 1 heterocycles. The predicted molar refractivity (Wildman–Crippen MR) is 50.9 cm³/mol. The molecular weight excluding hydrogens is 184 g/mol. The largest absolute Gasteiger partial charge is 0.393 e. The zero-order chi connectivity index (χ0) is 10.6. The first-order chi connectivity index (χ1) is 6.65. The average Bonchev–Trinajstić information content (AvgIpc) is 2.18. The van der Waals surface area contributed by atoms with E-state index in [9.17, 15) is 15.2 Å². The Labute approximate surface area is 81.6 Å². The van der Waals surface area contributed by atoms with Crippen molar-refractivity contribution < 1.29 is 10.0 Å². The molecule has 1 atom stereocenters. The lowest BCUT2D eigenvalue weighted by molar-refractivity contribution is -0.386. The first-order valence-corrected chi connectivity index (χ1v) is 4.41. The number of hydrogen-bond acceptors (Lipinski definition) is 4. The molecule has 0 radical (unpaired) electrons. The van der Waals surface area contributed by atoms with Gasteiger partial charge in [-0.25, -0.2) is 0 Å². The van der Waals surface area contributed by atoms with E-state index in [2.05, 4.69) is 4.98 Å². The van der Waals surface area contributed by atoms with Crippen LogP contribution in [0.4, 0.5) is 5.69 Å². The Morgan fingerprint density at radius 2 is 2.43 bits per heavy atom.